The highest BCUT2D eigenvalue weighted by Crippen LogP contribution is 2.09. The van der Waals surface area contributed by atoms with Crippen molar-refractivity contribution in [3.05, 3.63) is 77.9 Å². The fraction of sp³-hybridized carbons (Fsp3) is 0.211. The molecule has 0 saturated heterocycles. The third kappa shape index (κ3) is 4.50. The molecule has 1 atom stereocenters. The largest absolute Gasteiger partial charge is 0.348 e. The Kier molecular flexibility index (Phi) is 5.18. The molecule has 2 aromatic carbocycles. The van der Waals surface area contributed by atoms with Crippen LogP contribution in [0.1, 0.15) is 29.4 Å². The van der Waals surface area contributed by atoms with Crippen LogP contribution in [-0.2, 0) is 6.42 Å². The van der Waals surface area contributed by atoms with Crippen LogP contribution in [0.2, 0.25) is 0 Å². The first-order valence-corrected chi connectivity index (χ1v) is 8.15. The summed E-state index contributed by atoms with van der Waals surface area (Å²) >= 11 is 0. The number of nitrogens with zero attached hydrogens (tertiary/aromatic N) is 3. The molecule has 3 aromatic rings. The van der Waals surface area contributed by atoms with E-state index in [4.69, 9.17) is 0 Å². The topological polar surface area (TPSA) is 59.8 Å². The van der Waals surface area contributed by atoms with Crippen molar-refractivity contribution in [3.8, 4) is 5.69 Å². The van der Waals surface area contributed by atoms with Crippen LogP contribution < -0.4 is 5.32 Å². The highest BCUT2D eigenvalue weighted by atomic mass is 19.1. The van der Waals surface area contributed by atoms with Crippen LogP contribution in [-0.4, -0.2) is 26.9 Å². The van der Waals surface area contributed by atoms with Gasteiger partial charge in [0.05, 0.1) is 11.9 Å². The van der Waals surface area contributed by atoms with Crippen molar-refractivity contribution >= 4 is 5.91 Å². The number of aryl methyl sites for hydroxylation is 1. The van der Waals surface area contributed by atoms with E-state index < -0.39 is 0 Å². The van der Waals surface area contributed by atoms with Gasteiger partial charge in [0.2, 0.25) is 0 Å². The molecule has 0 spiro atoms. The van der Waals surface area contributed by atoms with Gasteiger partial charge in [-0.05, 0) is 49.6 Å². The van der Waals surface area contributed by atoms with Crippen molar-refractivity contribution in [1.29, 1.82) is 0 Å². The summed E-state index contributed by atoms with van der Waals surface area (Å²) in [5.41, 5.74) is 2.12. The molecule has 0 aliphatic carbocycles. The summed E-state index contributed by atoms with van der Waals surface area (Å²) in [5, 5.41) is 10.7. The van der Waals surface area contributed by atoms with Crippen LogP contribution in [0.3, 0.4) is 0 Å². The van der Waals surface area contributed by atoms with Gasteiger partial charge in [0.1, 0.15) is 5.82 Å². The van der Waals surface area contributed by atoms with Gasteiger partial charge < -0.3 is 5.32 Å². The van der Waals surface area contributed by atoms with E-state index in [1.165, 1.54) is 28.6 Å². The zero-order chi connectivity index (χ0) is 17.6. The molecule has 0 aliphatic heterocycles. The van der Waals surface area contributed by atoms with E-state index in [1.807, 2.05) is 25.1 Å². The summed E-state index contributed by atoms with van der Waals surface area (Å²) < 4.78 is 14.4. The Hall–Kier alpha value is -3.02. The maximum Gasteiger partial charge on any atom is 0.273 e. The molecular formula is C19H19FN4O. The highest BCUT2D eigenvalue weighted by Gasteiger charge is 2.14. The molecule has 0 aliphatic rings. The third-order valence-electron chi connectivity index (χ3n) is 3.90. The average Bonchev–Trinajstić information content (AvgIpc) is 3.12. The van der Waals surface area contributed by atoms with Gasteiger partial charge in [-0.1, -0.05) is 35.5 Å². The lowest BCUT2D eigenvalue weighted by Gasteiger charge is -2.12. The van der Waals surface area contributed by atoms with Crippen LogP contribution in [0.5, 0.6) is 0 Å². The van der Waals surface area contributed by atoms with Gasteiger partial charge in [-0.15, -0.1) is 5.10 Å². The number of benzene rings is 2. The van der Waals surface area contributed by atoms with Crippen molar-refractivity contribution in [1.82, 2.24) is 20.3 Å². The van der Waals surface area contributed by atoms with Crippen LogP contribution in [0.4, 0.5) is 4.39 Å². The second-order valence-corrected chi connectivity index (χ2v) is 5.92. The summed E-state index contributed by atoms with van der Waals surface area (Å²) in [7, 11) is 0. The summed E-state index contributed by atoms with van der Waals surface area (Å²) in [5.74, 6) is -0.594. The van der Waals surface area contributed by atoms with E-state index in [1.54, 1.807) is 12.1 Å². The number of halogens is 1. The number of aromatic nitrogens is 3. The minimum atomic E-state index is -0.325. The minimum Gasteiger partial charge on any atom is -0.348 e. The smallest absolute Gasteiger partial charge is 0.273 e. The van der Waals surface area contributed by atoms with Gasteiger partial charge in [0.25, 0.3) is 5.91 Å². The van der Waals surface area contributed by atoms with E-state index in [-0.39, 0.29) is 23.5 Å². The van der Waals surface area contributed by atoms with Crippen molar-refractivity contribution in [2.75, 3.05) is 0 Å². The number of hydrogen-bond acceptors (Lipinski definition) is 3. The average molecular weight is 338 g/mol. The summed E-state index contributed by atoms with van der Waals surface area (Å²) in [6, 6.07) is 16.0. The van der Waals surface area contributed by atoms with Crippen molar-refractivity contribution in [2.45, 2.75) is 25.8 Å². The maximum atomic E-state index is 13.0. The molecule has 0 fully saturated rings. The molecule has 128 valence electrons. The molecule has 0 radical (unpaired) electrons. The molecule has 3 rings (SSSR count). The predicted octanol–water partition coefficient (Wildman–Crippen LogP) is 3.16. The molecule has 1 amide bonds. The van der Waals surface area contributed by atoms with Crippen LogP contribution in [0.25, 0.3) is 5.69 Å². The second-order valence-electron chi connectivity index (χ2n) is 5.92. The maximum absolute atomic E-state index is 13.0. The minimum absolute atomic E-state index is 0.0173. The first kappa shape index (κ1) is 16.8. The Bertz CT molecular complexity index is 830. The molecule has 6 heteroatoms. The van der Waals surface area contributed by atoms with Crippen molar-refractivity contribution < 1.29 is 9.18 Å². The lowest BCUT2D eigenvalue weighted by molar-refractivity contribution is 0.0933. The molecule has 0 bridgehead atoms. The van der Waals surface area contributed by atoms with Gasteiger partial charge >= 0.3 is 0 Å². The summed E-state index contributed by atoms with van der Waals surface area (Å²) in [4.78, 5) is 12.3. The molecule has 0 saturated carbocycles. The number of carbonyl (C=O) groups excluding carboxylic acids is 1. The number of carbonyl (C=O) groups is 1. The number of amides is 1. The molecule has 1 N–H and O–H groups in total. The van der Waals surface area contributed by atoms with Crippen LogP contribution in [0, 0.1) is 5.82 Å². The van der Waals surface area contributed by atoms with E-state index >= 15 is 0 Å². The van der Waals surface area contributed by atoms with E-state index in [2.05, 4.69) is 27.8 Å². The highest BCUT2D eigenvalue weighted by molar-refractivity contribution is 5.92. The quantitative estimate of drug-likeness (QED) is 0.751. The van der Waals surface area contributed by atoms with Gasteiger partial charge in [-0.3, -0.25) is 4.79 Å². The first-order chi connectivity index (χ1) is 12.1. The SMILES string of the molecule is CC(CCc1ccccc1)NC(=O)c1cn(-c2ccc(F)cc2)nn1. The molecule has 1 aromatic heterocycles. The fourth-order valence-electron chi connectivity index (χ4n) is 2.49. The number of nitrogens with one attached hydrogen (secondary N) is 1. The Morgan fingerprint density at radius 2 is 1.88 bits per heavy atom. The van der Waals surface area contributed by atoms with Gasteiger partial charge in [0, 0.05) is 6.04 Å². The van der Waals surface area contributed by atoms with Crippen molar-refractivity contribution in [3.63, 3.8) is 0 Å². The third-order valence-corrected chi connectivity index (χ3v) is 3.90. The molecular weight excluding hydrogens is 319 g/mol. The zero-order valence-corrected chi connectivity index (χ0v) is 13.9. The Morgan fingerprint density at radius 1 is 1.16 bits per heavy atom. The Labute approximate surface area is 145 Å². The monoisotopic (exact) mass is 338 g/mol. The van der Waals surface area contributed by atoms with E-state index in [0.717, 1.165) is 12.8 Å². The molecule has 25 heavy (non-hydrogen) atoms. The predicted molar refractivity (Wildman–Crippen MR) is 93.0 cm³/mol. The summed E-state index contributed by atoms with van der Waals surface area (Å²) in [6.07, 6.45) is 3.26. The van der Waals surface area contributed by atoms with Crippen LogP contribution in [0.15, 0.2) is 60.8 Å². The van der Waals surface area contributed by atoms with E-state index in [9.17, 15) is 9.18 Å². The molecule has 1 unspecified atom stereocenters. The van der Waals surface area contributed by atoms with Gasteiger partial charge in [-0.25, -0.2) is 9.07 Å². The summed E-state index contributed by atoms with van der Waals surface area (Å²) in [6.45, 7) is 1.96. The zero-order valence-electron chi connectivity index (χ0n) is 13.9. The first-order valence-electron chi connectivity index (χ1n) is 8.15. The number of hydrogen-bond donors (Lipinski definition) is 1. The molecule has 5 nitrogen and oxygen atoms in total. The lowest BCUT2D eigenvalue weighted by Crippen LogP contribution is -2.33. The van der Waals surface area contributed by atoms with Crippen molar-refractivity contribution in [2.24, 2.45) is 0 Å². The normalized spacial score (nSPS) is 11.9. The number of rotatable bonds is 6. The second kappa shape index (κ2) is 7.70. The van der Waals surface area contributed by atoms with Gasteiger partial charge in [0.15, 0.2) is 5.69 Å². The van der Waals surface area contributed by atoms with Gasteiger partial charge in [-0.2, -0.15) is 0 Å². The fourth-order valence-corrected chi connectivity index (χ4v) is 2.49. The molecule has 1 heterocycles. The Balaban J connectivity index is 1.57. The van der Waals surface area contributed by atoms with Crippen LogP contribution >= 0.6 is 0 Å². The van der Waals surface area contributed by atoms with E-state index in [0.29, 0.717) is 5.69 Å². The Morgan fingerprint density at radius 3 is 2.60 bits per heavy atom. The lowest BCUT2D eigenvalue weighted by atomic mass is 10.1. The standard InChI is InChI=1S/C19H19FN4O/c1-14(7-8-15-5-3-2-4-6-15)21-19(25)18-13-24(23-22-18)17-11-9-16(20)10-12-17/h2-6,9-14H,7-8H2,1H3,(H,21,25).